The summed E-state index contributed by atoms with van der Waals surface area (Å²) in [7, 11) is 0. The van der Waals surface area contributed by atoms with Gasteiger partial charge in [-0.3, -0.25) is 9.59 Å². The van der Waals surface area contributed by atoms with Gasteiger partial charge in [0.1, 0.15) is 11.1 Å². The molecule has 1 saturated heterocycles. The van der Waals surface area contributed by atoms with E-state index in [9.17, 15) is 9.59 Å². The average molecular weight is 299 g/mol. The monoisotopic (exact) mass is 298 g/mol. The minimum atomic E-state index is -0.758. The van der Waals surface area contributed by atoms with Crippen LogP contribution in [0.25, 0.3) is 0 Å². The van der Waals surface area contributed by atoms with E-state index in [-0.39, 0.29) is 17.7 Å². The van der Waals surface area contributed by atoms with Gasteiger partial charge in [0.15, 0.2) is 0 Å². The summed E-state index contributed by atoms with van der Waals surface area (Å²) in [5, 5.41) is 3.01. The number of nitrogens with one attached hydrogen (secondary N) is 1. The summed E-state index contributed by atoms with van der Waals surface area (Å²) in [5.74, 6) is 0.263. The molecule has 2 amide bonds. The Morgan fingerprint density at radius 1 is 1.35 bits per heavy atom. The molecule has 1 aliphatic carbocycles. The van der Waals surface area contributed by atoms with Crippen LogP contribution in [0.4, 0.5) is 0 Å². The summed E-state index contributed by atoms with van der Waals surface area (Å²) in [4.78, 5) is 27.4. The van der Waals surface area contributed by atoms with Crippen LogP contribution in [-0.4, -0.2) is 34.3 Å². The number of nitrogens with zero attached hydrogens (tertiary/aromatic N) is 1. The van der Waals surface area contributed by atoms with Crippen LogP contribution in [0.15, 0.2) is 11.6 Å². The van der Waals surface area contributed by atoms with Crippen LogP contribution in [0.5, 0.6) is 0 Å². The predicted molar refractivity (Wildman–Crippen MR) is 79.3 cm³/mol. The maximum absolute atomic E-state index is 12.9. The third-order valence-corrected chi connectivity index (χ3v) is 5.16. The highest BCUT2D eigenvalue weighted by Gasteiger charge is 2.60. The number of halogens is 1. The van der Waals surface area contributed by atoms with Crippen molar-refractivity contribution in [3.8, 4) is 0 Å². The van der Waals surface area contributed by atoms with Crippen LogP contribution in [-0.2, 0) is 9.59 Å². The van der Waals surface area contributed by atoms with E-state index < -0.39 is 11.1 Å². The molecule has 0 bridgehead atoms. The molecule has 1 unspecified atom stereocenters. The van der Waals surface area contributed by atoms with Crippen molar-refractivity contribution in [3.63, 3.8) is 0 Å². The van der Waals surface area contributed by atoms with E-state index in [4.69, 9.17) is 11.6 Å². The topological polar surface area (TPSA) is 49.4 Å². The lowest BCUT2D eigenvalue weighted by Gasteiger charge is -2.51. The molecule has 0 spiro atoms. The smallest absolute Gasteiger partial charge is 0.249 e. The highest BCUT2D eigenvalue weighted by atomic mass is 35.5. The number of amides is 2. The van der Waals surface area contributed by atoms with Crippen LogP contribution in [0, 0.1) is 5.92 Å². The normalized spacial score (nSPS) is 29.9. The molecule has 4 nitrogen and oxygen atoms in total. The zero-order valence-electron chi connectivity index (χ0n) is 12.4. The van der Waals surface area contributed by atoms with Crippen molar-refractivity contribution in [3.05, 3.63) is 11.6 Å². The van der Waals surface area contributed by atoms with Crippen molar-refractivity contribution < 1.29 is 9.59 Å². The molecule has 2 fully saturated rings. The van der Waals surface area contributed by atoms with Crippen LogP contribution >= 0.6 is 11.6 Å². The fraction of sp³-hybridized carbons (Fsp3) is 0.733. The van der Waals surface area contributed by atoms with E-state index in [2.05, 4.69) is 5.32 Å². The molecule has 1 aliphatic heterocycles. The first kappa shape index (κ1) is 15.4. The lowest BCUT2D eigenvalue weighted by atomic mass is 9.80. The van der Waals surface area contributed by atoms with Gasteiger partial charge in [0.25, 0.3) is 0 Å². The van der Waals surface area contributed by atoms with Crippen LogP contribution in [0.3, 0.4) is 0 Å². The molecular formula is C15H23ClN2O2. The summed E-state index contributed by atoms with van der Waals surface area (Å²) in [6, 6.07) is 0. The molecule has 1 N–H and O–H groups in total. The third kappa shape index (κ3) is 2.14. The van der Waals surface area contributed by atoms with E-state index in [1.807, 2.05) is 20.8 Å². The van der Waals surface area contributed by atoms with Gasteiger partial charge in [-0.2, -0.15) is 0 Å². The van der Waals surface area contributed by atoms with E-state index in [1.54, 1.807) is 11.0 Å². The van der Waals surface area contributed by atoms with E-state index in [0.29, 0.717) is 19.4 Å². The van der Waals surface area contributed by atoms with Gasteiger partial charge in [0, 0.05) is 12.1 Å². The van der Waals surface area contributed by atoms with Crippen molar-refractivity contribution in [1.82, 2.24) is 10.2 Å². The van der Waals surface area contributed by atoms with Crippen molar-refractivity contribution in [2.24, 2.45) is 5.92 Å². The second-order valence-electron chi connectivity index (χ2n) is 5.94. The average Bonchev–Trinajstić information content (AvgIpc) is 3.28. The number of hydrogen-bond acceptors (Lipinski definition) is 2. The van der Waals surface area contributed by atoms with Gasteiger partial charge in [-0.15, -0.1) is 0 Å². The maximum atomic E-state index is 12.9. The summed E-state index contributed by atoms with van der Waals surface area (Å²) >= 11 is 5.61. The molecule has 2 aliphatic rings. The summed E-state index contributed by atoms with van der Waals surface area (Å²) in [5.41, 5.74) is -0.0837. The molecular weight excluding hydrogens is 276 g/mol. The number of carbonyl (C=O) groups is 2. The standard InChI is InChI=1S/C15H23ClN2O2/c1-4-15(5-2)13(20)18(10-6-9-16)14(3,11-7-8-11)12(19)17-15/h6,9,11H,4-5,7-8,10H2,1-3H3,(H,17,19)/b9-6+. The Balaban J connectivity index is 2.41. The van der Waals surface area contributed by atoms with E-state index in [0.717, 1.165) is 12.8 Å². The largest absolute Gasteiger partial charge is 0.340 e. The van der Waals surface area contributed by atoms with E-state index >= 15 is 0 Å². The predicted octanol–water partition coefficient (Wildman–Crippen LogP) is 2.42. The molecule has 1 heterocycles. The molecule has 1 atom stereocenters. The van der Waals surface area contributed by atoms with Gasteiger partial charge in [-0.1, -0.05) is 31.5 Å². The van der Waals surface area contributed by atoms with Crippen molar-refractivity contribution >= 4 is 23.4 Å². The third-order valence-electron chi connectivity index (χ3n) is 4.98. The number of piperazine rings is 1. The fourth-order valence-corrected chi connectivity index (χ4v) is 3.27. The fourth-order valence-electron chi connectivity index (χ4n) is 3.19. The quantitative estimate of drug-likeness (QED) is 0.847. The SMILES string of the molecule is CCC1(CC)NC(=O)C(C)(C2CC2)N(C/C=C/Cl)C1=O. The Hall–Kier alpha value is -1.03. The van der Waals surface area contributed by atoms with Crippen LogP contribution in [0.2, 0.25) is 0 Å². The lowest BCUT2D eigenvalue weighted by molar-refractivity contribution is -0.163. The number of rotatable bonds is 5. The Bertz CT molecular complexity index is 441. The van der Waals surface area contributed by atoms with Gasteiger partial charge >= 0.3 is 0 Å². The maximum Gasteiger partial charge on any atom is 0.249 e. The molecule has 5 heteroatoms. The van der Waals surface area contributed by atoms with Crippen molar-refractivity contribution in [2.75, 3.05) is 6.54 Å². The van der Waals surface area contributed by atoms with Gasteiger partial charge in [-0.05, 0) is 38.5 Å². The molecule has 0 aromatic rings. The zero-order valence-corrected chi connectivity index (χ0v) is 13.2. The molecule has 0 aromatic carbocycles. The molecule has 1 saturated carbocycles. The first-order valence-electron chi connectivity index (χ1n) is 7.36. The first-order chi connectivity index (χ1) is 9.46. The second kappa shape index (κ2) is 5.40. The van der Waals surface area contributed by atoms with Gasteiger partial charge in [0.2, 0.25) is 11.8 Å². The van der Waals surface area contributed by atoms with Crippen molar-refractivity contribution in [2.45, 2.75) is 57.5 Å². The second-order valence-corrected chi connectivity index (χ2v) is 6.19. The first-order valence-corrected chi connectivity index (χ1v) is 7.79. The highest BCUT2D eigenvalue weighted by Crippen LogP contribution is 2.46. The zero-order chi connectivity index (χ0) is 15.0. The van der Waals surface area contributed by atoms with Crippen LogP contribution < -0.4 is 5.32 Å². The number of carbonyl (C=O) groups excluding carboxylic acids is 2. The Morgan fingerprint density at radius 2 is 1.95 bits per heavy atom. The molecule has 2 rings (SSSR count). The van der Waals surface area contributed by atoms with Gasteiger partial charge in [-0.25, -0.2) is 0 Å². The van der Waals surface area contributed by atoms with Gasteiger partial charge in [0.05, 0.1) is 0 Å². The van der Waals surface area contributed by atoms with Gasteiger partial charge < -0.3 is 10.2 Å². The summed E-state index contributed by atoms with van der Waals surface area (Å²) in [6.45, 7) is 6.16. The molecule has 20 heavy (non-hydrogen) atoms. The summed E-state index contributed by atoms with van der Waals surface area (Å²) in [6.07, 6.45) is 4.95. The van der Waals surface area contributed by atoms with E-state index in [1.165, 1.54) is 5.54 Å². The highest BCUT2D eigenvalue weighted by molar-refractivity contribution is 6.25. The Kier molecular flexibility index (Phi) is 4.14. The Morgan fingerprint density at radius 3 is 2.40 bits per heavy atom. The molecule has 0 radical (unpaired) electrons. The Labute approximate surface area is 125 Å². The lowest BCUT2D eigenvalue weighted by Crippen LogP contribution is -2.75. The minimum absolute atomic E-state index is 0.0197. The summed E-state index contributed by atoms with van der Waals surface area (Å²) < 4.78 is 0. The molecule has 112 valence electrons. The minimum Gasteiger partial charge on any atom is -0.340 e. The molecule has 0 aromatic heterocycles. The van der Waals surface area contributed by atoms with Crippen LogP contribution in [0.1, 0.15) is 46.5 Å². The number of hydrogen-bond donors (Lipinski definition) is 1. The van der Waals surface area contributed by atoms with Crippen molar-refractivity contribution in [1.29, 1.82) is 0 Å².